The molecule has 1 aliphatic heterocycles. The highest BCUT2D eigenvalue weighted by Gasteiger charge is 2.21. The Balaban J connectivity index is 1.77. The quantitative estimate of drug-likeness (QED) is 0.857. The van der Waals surface area contributed by atoms with Crippen LogP contribution in [0.15, 0.2) is 65.0 Å². The number of hydrogen-bond acceptors (Lipinski definition) is 3. The van der Waals surface area contributed by atoms with Gasteiger partial charge in [-0.3, -0.25) is 4.99 Å². The number of nitrogens with one attached hydrogen (secondary N) is 1. The molecule has 0 amide bonds. The van der Waals surface area contributed by atoms with Crippen molar-refractivity contribution >= 4 is 18.2 Å². The van der Waals surface area contributed by atoms with Gasteiger partial charge in [0.15, 0.2) is 0 Å². The van der Waals surface area contributed by atoms with Crippen LogP contribution in [-0.4, -0.2) is 12.5 Å². The van der Waals surface area contributed by atoms with E-state index in [0.717, 1.165) is 30.5 Å². The summed E-state index contributed by atoms with van der Waals surface area (Å²) >= 11 is 0. The predicted octanol–water partition coefficient (Wildman–Crippen LogP) is 3.87. The molecule has 1 aromatic carbocycles. The summed E-state index contributed by atoms with van der Waals surface area (Å²) in [6.07, 6.45) is 12.3. The predicted molar refractivity (Wildman–Crippen MR) is 86.1 cm³/mol. The average Bonchev–Trinajstić information content (AvgIpc) is 2.58. The fourth-order valence-corrected chi connectivity index (χ4v) is 2.66. The monoisotopic (exact) mass is 296 g/mol. The molecular formula is C18H17FN2O. The fraction of sp³-hybridized carbons (Fsp3) is 0.222. The third-order valence-electron chi connectivity index (χ3n) is 3.91. The van der Waals surface area contributed by atoms with Crippen molar-refractivity contribution in [2.75, 3.05) is 5.32 Å². The normalized spacial score (nSPS) is 23.7. The van der Waals surface area contributed by atoms with Gasteiger partial charge in [0.2, 0.25) is 0 Å². The minimum Gasteiger partial charge on any atom is -0.357 e. The first kappa shape index (κ1) is 14.4. The number of anilines is 1. The summed E-state index contributed by atoms with van der Waals surface area (Å²) < 4.78 is 13.0. The molecule has 1 aliphatic carbocycles. The molecule has 3 rings (SSSR count). The molecule has 112 valence electrons. The third-order valence-corrected chi connectivity index (χ3v) is 3.91. The Morgan fingerprint density at radius 3 is 2.73 bits per heavy atom. The van der Waals surface area contributed by atoms with Gasteiger partial charge in [-0.05, 0) is 42.7 Å². The summed E-state index contributed by atoms with van der Waals surface area (Å²) in [6.45, 7) is 0. The van der Waals surface area contributed by atoms with Gasteiger partial charge in [-0.25, -0.2) is 4.39 Å². The number of aliphatic imine (C=N–C) groups is 1. The molecule has 2 unspecified atom stereocenters. The van der Waals surface area contributed by atoms with E-state index in [4.69, 9.17) is 0 Å². The first-order chi connectivity index (χ1) is 10.8. The van der Waals surface area contributed by atoms with Crippen molar-refractivity contribution in [2.45, 2.75) is 12.8 Å². The van der Waals surface area contributed by atoms with Gasteiger partial charge >= 0.3 is 0 Å². The molecule has 0 fully saturated rings. The molecule has 2 aliphatic rings. The number of hydrogen-bond donors (Lipinski definition) is 1. The van der Waals surface area contributed by atoms with Crippen molar-refractivity contribution < 1.29 is 9.18 Å². The number of nitrogens with zero attached hydrogens (tertiary/aromatic N) is 1. The number of carbonyl (C=O) groups excluding carboxylic acids is 1. The van der Waals surface area contributed by atoms with Crippen LogP contribution in [0.25, 0.3) is 0 Å². The van der Waals surface area contributed by atoms with Crippen molar-refractivity contribution in [1.82, 2.24) is 0 Å². The Morgan fingerprint density at radius 2 is 2.05 bits per heavy atom. The minimum atomic E-state index is -0.254. The molecule has 0 bridgehead atoms. The minimum absolute atomic E-state index is 0.0153. The summed E-state index contributed by atoms with van der Waals surface area (Å²) in [5.74, 6) is -0.0829. The highest BCUT2D eigenvalue weighted by atomic mass is 19.1. The van der Waals surface area contributed by atoms with Crippen LogP contribution in [0.3, 0.4) is 0 Å². The van der Waals surface area contributed by atoms with Crippen LogP contribution in [0.4, 0.5) is 10.1 Å². The lowest BCUT2D eigenvalue weighted by molar-refractivity contribution is -0.109. The number of rotatable bonds is 4. The molecule has 1 aromatic rings. The zero-order chi connectivity index (χ0) is 15.4. The van der Waals surface area contributed by atoms with Crippen LogP contribution >= 0.6 is 0 Å². The first-order valence-corrected chi connectivity index (χ1v) is 7.34. The maximum atomic E-state index is 13.0. The number of aldehydes is 1. The molecule has 0 aromatic heterocycles. The van der Waals surface area contributed by atoms with E-state index >= 15 is 0 Å². The lowest BCUT2D eigenvalue weighted by Gasteiger charge is -2.25. The zero-order valence-electron chi connectivity index (χ0n) is 12.1. The Hall–Kier alpha value is -2.49. The molecule has 3 nitrogen and oxygen atoms in total. The van der Waals surface area contributed by atoms with Gasteiger partial charge in [0.25, 0.3) is 0 Å². The second-order valence-electron chi connectivity index (χ2n) is 5.44. The average molecular weight is 296 g/mol. The Bertz CT molecular complexity index is 671. The van der Waals surface area contributed by atoms with Gasteiger partial charge < -0.3 is 10.1 Å². The van der Waals surface area contributed by atoms with Crippen LogP contribution < -0.4 is 5.32 Å². The molecule has 0 radical (unpaired) electrons. The maximum absolute atomic E-state index is 13.0. The third kappa shape index (κ3) is 3.22. The van der Waals surface area contributed by atoms with E-state index in [1.165, 1.54) is 17.7 Å². The van der Waals surface area contributed by atoms with Crippen molar-refractivity contribution in [3.05, 3.63) is 65.8 Å². The van der Waals surface area contributed by atoms with Crippen LogP contribution in [-0.2, 0) is 4.79 Å². The van der Waals surface area contributed by atoms with Crippen LogP contribution in [0.2, 0.25) is 0 Å². The van der Waals surface area contributed by atoms with E-state index in [-0.39, 0.29) is 17.7 Å². The largest absolute Gasteiger partial charge is 0.357 e. The van der Waals surface area contributed by atoms with E-state index in [1.54, 1.807) is 18.3 Å². The number of benzene rings is 1. The van der Waals surface area contributed by atoms with Crippen LogP contribution in [0, 0.1) is 17.7 Å². The van der Waals surface area contributed by atoms with Gasteiger partial charge in [0, 0.05) is 35.6 Å². The molecule has 0 spiro atoms. The van der Waals surface area contributed by atoms with E-state index in [2.05, 4.69) is 16.4 Å². The second kappa shape index (κ2) is 6.52. The molecule has 2 atom stereocenters. The van der Waals surface area contributed by atoms with Gasteiger partial charge in [0.1, 0.15) is 12.1 Å². The highest BCUT2D eigenvalue weighted by Crippen LogP contribution is 2.31. The van der Waals surface area contributed by atoms with Crippen LogP contribution in [0.5, 0.6) is 0 Å². The number of allylic oxidation sites excluding steroid dienone is 4. The highest BCUT2D eigenvalue weighted by molar-refractivity contribution is 5.65. The molecule has 22 heavy (non-hydrogen) atoms. The standard InChI is InChI=1S/C18H17FN2O/c19-15-5-7-16(8-6-15)21-18-11-20-10-9-17(18)14-3-1-13(12-22)2-4-14/h1,3-8,10-13,17,21H,2,9H2. The molecule has 1 N–H and O–H groups in total. The number of halogens is 1. The Labute approximate surface area is 129 Å². The van der Waals surface area contributed by atoms with Gasteiger partial charge in [0.05, 0.1) is 0 Å². The zero-order valence-corrected chi connectivity index (χ0v) is 12.1. The van der Waals surface area contributed by atoms with Gasteiger partial charge in [-0.15, -0.1) is 0 Å². The fourth-order valence-electron chi connectivity index (χ4n) is 2.66. The van der Waals surface area contributed by atoms with E-state index in [0.29, 0.717) is 0 Å². The summed E-state index contributed by atoms with van der Waals surface area (Å²) in [7, 11) is 0. The molecule has 0 saturated heterocycles. The number of carbonyl (C=O) groups is 1. The van der Waals surface area contributed by atoms with Gasteiger partial charge in [-0.1, -0.05) is 18.2 Å². The molecular weight excluding hydrogens is 279 g/mol. The summed E-state index contributed by atoms with van der Waals surface area (Å²) in [6, 6.07) is 6.27. The molecule has 1 heterocycles. The van der Waals surface area contributed by atoms with Crippen molar-refractivity contribution in [2.24, 2.45) is 16.8 Å². The molecule has 4 heteroatoms. The summed E-state index contributed by atoms with van der Waals surface area (Å²) in [5.41, 5.74) is 3.00. The Kier molecular flexibility index (Phi) is 4.28. The first-order valence-electron chi connectivity index (χ1n) is 7.34. The smallest absolute Gasteiger partial charge is 0.127 e. The Morgan fingerprint density at radius 1 is 1.23 bits per heavy atom. The van der Waals surface area contributed by atoms with E-state index in [1.807, 2.05) is 18.4 Å². The van der Waals surface area contributed by atoms with Crippen molar-refractivity contribution in [3.8, 4) is 0 Å². The lowest BCUT2D eigenvalue weighted by Crippen LogP contribution is -2.18. The second-order valence-corrected chi connectivity index (χ2v) is 5.44. The lowest BCUT2D eigenvalue weighted by atomic mass is 9.86. The van der Waals surface area contributed by atoms with E-state index < -0.39 is 0 Å². The topological polar surface area (TPSA) is 41.5 Å². The van der Waals surface area contributed by atoms with Crippen LogP contribution in [0.1, 0.15) is 12.8 Å². The maximum Gasteiger partial charge on any atom is 0.127 e. The van der Waals surface area contributed by atoms with Gasteiger partial charge in [-0.2, -0.15) is 0 Å². The summed E-state index contributed by atoms with van der Waals surface area (Å²) in [4.78, 5) is 15.0. The van der Waals surface area contributed by atoms with Crippen molar-refractivity contribution in [1.29, 1.82) is 0 Å². The van der Waals surface area contributed by atoms with E-state index in [9.17, 15) is 9.18 Å². The summed E-state index contributed by atoms with van der Waals surface area (Å²) in [5, 5.41) is 3.32. The van der Waals surface area contributed by atoms with Crippen molar-refractivity contribution in [3.63, 3.8) is 0 Å². The molecule has 0 saturated carbocycles. The SMILES string of the molecule is O=CC1C=CC(C2CC=NC=C2Nc2ccc(F)cc2)=CC1.